The summed E-state index contributed by atoms with van der Waals surface area (Å²) in [5, 5.41) is 0. The molecular formula is C12H16N2O3S. The van der Waals surface area contributed by atoms with Crippen LogP contribution in [0.2, 0.25) is 0 Å². The molecule has 0 aliphatic rings. The summed E-state index contributed by atoms with van der Waals surface area (Å²) >= 11 is 1.51. The largest absolute Gasteiger partial charge is 0.391 e. The van der Waals surface area contributed by atoms with E-state index < -0.39 is 18.0 Å². The van der Waals surface area contributed by atoms with Crippen molar-refractivity contribution in [2.24, 2.45) is 11.5 Å². The van der Waals surface area contributed by atoms with Crippen LogP contribution in [0.3, 0.4) is 0 Å². The van der Waals surface area contributed by atoms with Gasteiger partial charge in [-0.15, -0.1) is 0 Å². The molecule has 0 bridgehead atoms. The van der Waals surface area contributed by atoms with Crippen LogP contribution in [0.5, 0.6) is 0 Å². The van der Waals surface area contributed by atoms with E-state index in [0.29, 0.717) is 5.75 Å². The molecule has 5 nitrogen and oxygen atoms in total. The quantitative estimate of drug-likeness (QED) is 0.568. The summed E-state index contributed by atoms with van der Waals surface area (Å²) in [6, 6.07) is 9.02. The van der Waals surface area contributed by atoms with Crippen LogP contribution in [-0.2, 0) is 20.1 Å². The Hall–Kier alpha value is -1.37. The van der Waals surface area contributed by atoms with E-state index in [-0.39, 0.29) is 6.54 Å². The number of benzene rings is 1. The molecule has 98 valence electrons. The standard InChI is InChI=1S/C12H16N2O3S/c13-6-11(15)17-12(16)10(14)8-18-7-9-4-2-1-3-5-9/h1-5,10H,6-8,13-14H2/t10-/m0/s1. The molecule has 0 saturated carbocycles. The number of hydrogen-bond acceptors (Lipinski definition) is 6. The topological polar surface area (TPSA) is 95.4 Å². The normalized spacial score (nSPS) is 11.9. The minimum Gasteiger partial charge on any atom is -0.391 e. The number of hydrogen-bond donors (Lipinski definition) is 2. The number of carbonyl (C=O) groups excluding carboxylic acids is 2. The molecule has 0 aliphatic carbocycles. The van der Waals surface area contributed by atoms with Gasteiger partial charge in [0.1, 0.15) is 6.04 Å². The maximum atomic E-state index is 11.3. The molecule has 1 aromatic rings. The van der Waals surface area contributed by atoms with Crippen molar-refractivity contribution in [3.63, 3.8) is 0 Å². The zero-order valence-electron chi connectivity index (χ0n) is 9.87. The lowest BCUT2D eigenvalue weighted by Gasteiger charge is -2.09. The van der Waals surface area contributed by atoms with E-state index in [1.807, 2.05) is 30.3 Å². The predicted molar refractivity (Wildman–Crippen MR) is 70.7 cm³/mol. The van der Waals surface area contributed by atoms with Crippen molar-refractivity contribution >= 4 is 23.7 Å². The van der Waals surface area contributed by atoms with Crippen molar-refractivity contribution < 1.29 is 14.3 Å². The molecule has 18 heavy (non-hydrogen) atoms. The summed E-state index contributed by atoms with van der Waals surface area (Å²) in [6.07, 6.45) is 0. The Morgan fingerprint density at radius 3 is 2.56 bits per heavy atom. The summed E-state index contributed by atoms with van der Waals surface area (Å²) in [5.41, 5.74) is 11.8. The van der Waals surface area contributed by atoms with Crippen molar-refractivity contribution in [3.05, 3.63) is 35.9 Å². The van der Waals surface area contributed by atoms with Gasteiger partial charge in [-0.05, 0) is 5.56 Å². The minimum atomic E-state index is -0.811. The van der Waals surface area contributed by atoms with Crippen molar-refractivity contribution in [3.8, 4) is 0 Å². The van der Waals surface area contributed by atoms with Gasteiger partial charge in [0.05, 0.1) is 6.54 Å². The van der Waals surface area contributed by atoms with Crippen molar-refractivity contribution in [1.29, 1.82) is 0 Å². The zero-order valence-corrected chi connectivity index (χ0v) is 10.7. The van der Waals surface area contributed by atoms with Crippen LogP contribution < -0.4 is 11.5 Å². The summed E-state index contributed by atoms with van der Waals surface area (Å²) in [4.78, 5) is 22.1. The van der Waals surface area contributed by atoms with Gasteiger partial charge in [-0.2, -0.15) is 11.8 Å². The Kier molecular flexibility index (Phi) is 6.42. The van der Waals surface area contributed by atoms with Gasteiger partial charge in [0.2, 0.25) is 0 Å². The first kappa shape index (κ1) is 14.7. The summed E-state index contributed by atoms with van der Waals surface area (Å²) in [5.74, 6) is -0.340. The molecule has 1 rings (SSSR count). The highest BCUT2D eigenvalue weighted by atomic mass is 32.2. The second kappa shape index (κ2) is 7.86. The fraction of sp³-hybridized carbons (Fsp3) is 0.333. The number of rotatable bonds is 6. The van der Waals surface area contributed by atoms with E-state index in [1.54, 1.807) is 0 Å². The first-order valence-electron chi connectivity index (χ1n) is 5.45. The Morgan fingerprint density at radius 1 is 1.28 bits per heavy atom. The van der Waals surface area contributed by atoms with E-state index in [4.69, 9.17) is 11.5 Å². The maximum absolute atomic E-state index is 11.3. The number of esters is 2. The molecule has 0 heterocycles. The van der Waals surface area contributed by atoms with Crippen LogP contribution >= 0.6 is 11.8 Å². The molecule has 0 spiro atoms. The molecule has 0 aliphatic heterocycles. The average molecular weight is 268 g/mol. The van der Waals surface area contributed by atoms with Crippen LogP contribution in [0.15, 0.2) is 30.3 Å². The highest BCUT2D eigenvalue weighted by Gasteiger charge is 2.17. The number of nitrogens with two attached hydrogens (primary N) is 2. The van der Waals surface area contributed by atoms with Crippen LogP contribution in [-0.4, -0.2) is 30.3 Å². The summed E-state index contributed by atoms with van der Waals surface area (Å²) < 4.78 is 4.42. The third-order valence-corrected chi connectivity index (χ3v) is 3.23. The summed E-state index contributed by atoms with van der Waals surface area (Å²) in [7, 11) is 0. The van der Waals surface area contributed by atoms with Gasteiger partial charge >= 0.3 is 11.9 Å². The molecular weight excluding hydrogens is 252 g/mol. The SMILES string of the molecule is NCC(=O)OC(=O)[C@@H](N)CSCc1ccccc1. The Morgan fingerprint density at radius 2 is 1.94 bits per heavy atom. The lowest BCUT2D eigenvalue weighted by Crippen LogP contribution is -2.37. The lowest BCUT2D eigenvalue weighted by atomic mass is 10.2. The second-order valence-electron chi connectivity index (χ2n) is 3.60. The zero-order chi connectivity index (χ0) is 13.4. The maximum Gasteiger partial charge on any atom is 0.331 e. The van der Waals surface area contributed by atoms with Crippen LogP contribution in [0, 0.1) is 0 Å². The molecule has 0 unspecified atom stereocenters. The van der Waals surface area contributed by atoms with E-state index in [2.05, 4.69) is 4.74 Å². The van der Waals surface area contributed by atoms with Crippen molar-refractivity contribution in [2.75, 3.05) is 12.3 Å². The second-order valence-corrected chi connectivity index (χ2v) is 4.63. The van der Waals surface area contributed by atoms with Gasteiger partial charge in [-0.3, -0.25) is 4.79 Å². The van der Waals surface area contributed by atoms with Gasteiger partial charge in [0, 0.05) is 11.5 Å². The third kappa shape index (κ3) is 5.31. The molecule has 1 atom stereocenters. The van der Waals surface area contributed by atoms with Crippen molar-refractivity contribution in [1.82, 2.24) is 0 Å². The number of thioether (sulfide) groups is 1. The smallest absolute Gasteiger partial charge is 0.331 e. The van der Waals surface area contributed by atoms with Gasteiger partial charge in [-0.25, -0.2) is 4.79 Å². The first-order valence-corrected chi connectivity index (χ1v) is 6.60. The molecule has 0 amide bonds. The fourth-order valence-corrected chi connectivity index (χ4v) is 2.11. The van der Waals surface area contributed by atoms with Gasteiger partial charge < -0.3 is 16.2 Å². The van der Waals surface area contributed by atoms with Crippen molar-refractivity contribution in [2.45, 2.75) is 11.8 Å². The van der Waals surface area contributed by atoms with E-state index in [9.17, 15) is 9.59 Å². The Bertz CT molecular complexity index is 398. The minimum absolute atomic E-state index is 0.324. The third-order valence-electron chi connectivity index (χ3n) is 2.09. The monoisotopic (exact) mass is 268 g/mol. The van der Waals surface area contributed by atoms with E-state index in [0.717, 1.165) is 11.3 Å². The van der Waals surface area contributed by atoms with Gasteiger partial charge in [0.15, 0.2) is 0 Å². The predicted octanol–water partition coefficient (Wildman–Crippen LogP) is 0.276. The van der Waals surface area contributed by atoms with Crippen LogP contribution in [0.25, 0.3) is 0 Å². The Labute approximate surface area is 110 Å². The molecule has 0 aromatic heterocycles. The molecule has 4 N–H and O–H groups in total. The molecule has 0 radical (unpaired) electrons. The molecule has 0 fully saturated rings. The fourth-order valence-electron chi connectivity index (χ4n) is 1.18. The lowest BCUT2D eigenvalue weighted by molar-refractivity contribution is -0.159. The summed E-state index contributed by atoms with van der Waals surface area (Å²) in [6.45, 7) is -0.324. The molecule has 1 aromatic carbocycles. The number of ether oxygens (including phenoxy) is 1. The van der Waals surface area contributed by atoms with Gasteiger partial charge in [0.25, 0.3) is 0 Å². The highest BCUT2D eigenvalue weighted by molar-refractivity contribution is 7.98. The van der Waals surface area contributed by atoms with E-state index >= 15 is 0 Å². The van der Waals surface area contributed by atoms with Gasteiger partial charge in [-0.1, -0.05) is 30.3 Å². The van der Waals surface area contributed by atoms with E-state index in [1.165, 1.54) is 11.8 Å². The number of carbonyl (C=O) groups is 2. The van der Waals surface area contributed by atoms with Crippen LogP contribution in [0.1, 0.15) is 5.56 Å². The highest BCUT2D eigenvalue weighted by Crippen LogP contribution is 2.12. The average Bonchev–Trinajstić information content (AvgIpc) is 2.39. The molecule has 0 saturated heterocycles. The first-order chi connectivity index (χ1) is 8.63. The molecule has 6 heteroatoms. The van der Waals surface area contributed by atoms with Crippen LogP contribution in [0.4, 0.5) is 0 Å². The Balaban J connectivity index is 2.26.